The van der Waals surface area contributed by atoms with Gasteiger partial charge in [-0.25, -0.2) is 0 Å². The number of aliphatic hydroxyl groups excluding tert-OH is 2. The molecule has 0 aromatic rings. The Kier molecular flexibility index (Phi) is 35.6. The fraction of sp³-hybridized carbons (Fsp3) is 1.00. The fourth-order valence-corrected chi connectivity index (χ4v) is 18.2. The van der Waals surface area contributed by atoms with Gasteiger partial charge in [-0.2, -0.15) is 23.5 Å². The minimum Gasteiger partial charge on any atom is -0.396 e. The minimum absolute atomic E-state index is 0.113. The highest BCUT2D eigenvalue weighted by molar-refractivity contribution is 8.00. The van der Waals surface area contributed by atoms with E-state index in [1.54, 1.807) is 56.9 Å². The second kappa shape index (κ2) is 40.5. The van der Waals surface area contributed by atoms with Gasteiger partial charge in [0.05, 0.1) is 106 Å². The Morgan fingerprint density at radius 1 is 0.358 bits per heavy atom. The molecule has 0 spiro atoms. The summed E-state index contributed by atoms with van der Waals surface area (Å²) in [5, 5.41) is 53.7. The molecule has 0 aromatic heterocycles. The molecule has 0 radical (unpaired) electrons. The number of aliphatic hydroxyl groups is 4. The van der Waals surface area contributed by atoms with Crippen LogP contribution in [0.25, 0.3) is 0 Å². The van der Waals surface area contributed by atoms with Crippen molar-refractivity contribution >= 4 is 23.5 Å². The van der Waals surface area contributed by atoms with Crippen molar-refractivity contribution in [2.75, 3.05) is 192 Å². The Balaban J connectivity index is 1.22. The van der Waals surface area contributed by atoms with Gasteiger partial charge in [0.1, 0.15) is 115 Å². The Morgan fingerprint density at radius 3 is 1.14 bits per heavy atom. The molecule has 14 unspecified atom stereocenters. The third-order valence-electron chi connectivity index (χ3n) is 19.7. The Bertz CT molecular complexity index is 1980. The lowest BCUT2D eigenvalue weighted by Gasteiger charge is -2.56. The maximum Gasteiger partial charge on any atom is 0.187 e. The Hall–Kier alpha value is -0.540. The smallest absolute Gasteiger partial charge is 0.187 e. The summed E-state index contributed by atoms with van der Waals surface area (Å²) >= 11 is 2.87. The van der Waals surface area contributed by atoms with Crippen molar-refractivity contribution in [3.8, 4) is 0 Å². The summed E-state index contributed by atoms with van der Waals surface area (Å²) in [5.74, 6) is -0.145. The van der Waals surface area contributed by atoms with Gasteiger partial charge in [-0.1, -0.05) is 0 Å². The molecule has 6 fully saturated rings. The number of rotatable bonds is 40. The highest BCUT2D eigenvalue weighted by Crippen LogP contribution is 2.46. The van der Waals surface area contributed by atoms with E-state index >= 15 is 0 Å². The standard InChI is InChI=1S/C62H116N2O29S2/c1-31-37(45(75-9)53(83-17)60(89-31)93-44-36(28-70-4)91-58(86-20)54(84-18)50(44)80-14)63-39-47(77-11)41(73-7)33(25-65)61(67,29-71-5)56(39)94-23-21-87-22-24-95-57-40(48(78-12)51(81-15)55(85-19)62(57,68)30-72-6)64-38-32(2)88-59(52(82-16)46(38)76-10)92-43-35(27-69-3)90-34(26-66)42(74-8)49(43)79-13/h31-60,63-68H,21-30H2,1-20H3/t31?,32?,33-,34-,35?,36?,37+,38-,39+,40-,41-,42?,43-,44+,45-,46+,47?,48?,49-,50-,51-,52?,53?,54?,55+,56?,57?,58-,59-,60+,61?,62?/m1/s1. The maximum absolute atomic E-state index is 13.1. The lowest BCUT2D eigenvalue weighted by Crippen LogP contribution is -2.77. The van der Waals surface area contributed by atoms with Crippen molar-refractivity contribution < 1.29 is 139 Å². The van der Waals surface area contributed by atoms with Crippen LogP contribution in [0.3, 0.4) is 0 Å². The van der Waals surface area contributed by atoms with Gasteiger partial charge in [0, 0.05) is 145 Å². The van der Waals surface area contributed by atoms with Crippen molar-refractivity contribution in [3.05, 3.63) is 0 Å². The third-order valence-corrected chi connectivity index (χ3v) is 22.6. The molecule has 2 saturated carbocycles. The third kappa shape index (κ3) is 18.2. The van der Waals surface area contributed by atoms with Crippen LogP contribution in [-0.2, 0) is 118 Å². The average molecular weight is 1420 g/mol. The predicted molar refractivity (Wildman–Crippen MR) is 343 cm³/mol. The lowest BCUT2D eigenvalue weighted by atomic mass is 9.69. The van der Waals surface area contributed by atoms with Crippen LogP contribution in [0.15, 0.2) is 0 Å². The molecule has 0 aromatic carbocycles. The topological polar surface area (TPSA) is 336 Å². The molecule has 0 bridgehead atoms. The highest BCUT2D eigenvalue weighted by Gasteiger charge is 2.64. The largest absolute Gasteiger partial charge is 0.396 e. The zero-order valence-electron chi connectivity index (χ0n) is 59.2. The summed E-state index contributed by atoms with van der Waals surface area (Å²) in [6.45, 7) is 3.36. The van der Waals surface area contributed by atoms with Gasteiger partial charge in [-0.15, -0.1) is 0 Å². The summed E-state index contributed by atoms with van der Waals surface area (Å²) in [5.41, 5.74) is -3.40. The Labute approximate surface area is 569 Å². The number of hydrogen-bond donors (Lipinski definition) is 6. The summed E-state index contributed by atoms with van der Waals surface area (Å²) < 4.78 is 154. The van der Waals surface area contributed by atoms with E-state index in [4.69, 9.17) is 118 Å². The molecule has 4 saturated heterocycles. The normalized spacial score (nSPS) is 44.3. The van der Waals surface area contributed by atoms with E-state index in [2.05, 4.69) is 10.6 Å². The van der Waals surface area contributed by atoms with Crippen molar-refractivity contribution in [1.82, 2.24) is 10.6 Å². The second-order valence-electron chi connectivity index (χ2n) is 24.5. The Morgan fingerprint density at radius 2 is 0.747 bits per heavy atom. The molecule has 2 aliphatic carbocycles. The molecule has 95 heavy (non-hydrogen) atoms. The van der Waals surface area contributed by atoms with E-state index in [1.807, 2.05) is 13.8 Å². The number of hydrogen-bond acceptors (Lipinski definition) is 33. The van der Waals surface area contributed by atoms with Crippen LogP contribution in [0, 0.1) is 5.92 Å². The van der Waals surface area contributed by atoms with Crippen molar-refractivity contribution in [1.29, 1.82) is 0 Å². The second-order valence-corrected chi connectivity index (χ2v) is 27.0. The first kappa shape index (κ1) is 83.4. The number of thioether (sulfide) groups is 2. The monoisotopic (exact) mass is 1420 g/mol. The minimum atomic E-state index is -1.71. The van der Waals surface area contributed by atoms with Crippen LogP contribution in [0.1, 0.15) is 13.8 Å². The van der Waals surface area contributed by atoms with E-state index in [9.17, 15) is 20.4 Å². The molecule has 32 atom stereocenters. The first-order valence-electron chi connectivity index (χ1n) is 32.1. The molecule has 6 N–H and O–H groups in total. The van der Waals surface area contributed by atoms with Crippen LogP contribution in [0.2, 0.25) is 0 Å². The van der Waals surface area contributed by atoms with E-state index < -0.39 is 199 Å². The summed E-state index contributed by atoms with van der Waals surface area (Å²) in [6.07, 6.45) is -17.7. The molecule has 33 heteroatoms. The number of ether oxygens (including phenoxy) is 25. The van der Waals surface area contributed by atoms with Gasteiger partial charge in [0.15, 0.2) is 18.9 Å². The summed E-state index contributed by atoms with van der Waals surface area (Å²) in [4.78, 5) is 0. The van der Waals surface area contributed by atoms with Crippen LogP contribution in [0.4, 0.5) is 0 Å². The lowest BCUT2D eigenvalue weighted by molar-refractivity contribution is -0.355. The first-order chi connectivity index (χ1) is 45.9. The van der Waals surface area contributed by atoms with Crippen molar-refractivity contribution in [2.24, 2.45) is 5.92 Å². The molecule has 6 aliphatic rings. The number of methoxy groups -OCH3 is 18. The van der Waals surface area contributed by atoms with Crippen molar-refractivity contribution in [3.63, 3.8) is 0 Å². The zero-order chi connectivity index (χ0) is 69.9. The molecule has 560 valence electrons. The van der Waals surface area contributed by atoms with Gasteiger partial charge in [0.25, 0.3) is 0 Å². The van der Waals surface area contributed by atoms with E-state index in [0.29, 0.717) is 11.5 Å². The zero-order valence-corrected chi connectivity index (χ0v) is 60.8. The van der Waals surface area contributed by atoms with Crippen LogP contribution >= 0.6 is 23.5 Å². The number of nitrogens with one attached hydrogen (secondary N) is 2. The van der Waals surface area contributed by atoms with Gasteiger partial charge >= 0.3 is 0 Å². The molecule has 4 aliphatic heterocycles. The summed E-state index contributed by atoms with van der Waals surface area (Å²) in [7, 11) is 27.7. The molecular weight excluding hydrogens is 1300 g/mol. The molecule has 6 rings (SSSR count). The fourth-order valence-electron chi connectivity index (χ4n) is 15.4. The maximum atomic E-state index is 13.1. The van der Waals surface area contributed by atoms with Crippen LogP contribution < -0.4 is 10.6 Å². The SMILES string of the molecule is COCC1O[C@H](CO)C(OC)[C@@H](OC)[C@@H]1O[C@H]1OC(C)[C@@H](N[C@@H]2C(OC)[C@@H](OC)[C@H](OC)C(O)(COC)C2SCCOCCSC2[C@@H](N[C@H]3C(C)O[C@@H](O[C@H]4C(COC)O[C@@H](OC)C(OC)[C@@H]4OC)C(OC)[C@@H]3OC)C(OC)[C@H](OC)[C@@H](CO)C2(O)COC)[C@H](OC)C1OC. The van der Waals surface area contributed by atoms with E-state index in [0.717, 1.165) is 0 Å². The van der Waals surface area contributed by atoms with Crippen molar-refractivity contribution in [2.45, 2.75) is 201 Å². The van der Waals surface area contributed by atoms with Gasteiger partial charge in [0.2, 0.25) is 0 Å². The van der Waals surface area contributed by atoms with E-state index in [-0.39, 0.29) is 46.2 Å². The van der Waals surface area contributed by atoms with Gasteiger partial charge in [-0.05, 0) is 13.8 Å². The van der Waals surface area contributed by atoms with E-state index in [1.165, 1.54) is 94.6 Å². The highest BCUT2D eigenvalue weighted by atomic mass is 32.2. The average Bonchev–Trinajstić information content (AvgIpc) is 0.747. The van der Waals surface area contributed by atoms with Gasteiger partial charge in [-0.3, -0.25) is 0 Å². The van der Waals surface area contributed by atoms with Gasteiger partial charge < -0.3 is 149 Å². The predicted octanol–water partition coefficient (Wildman–Crippen LogP) is -1.87. The first-order valence-corrected chi connectivity index (χ1v) is 34.2. The molecular formula is C62H116N2O29S2. The summed E-state index contributed by atoms with van der Waals surface area (Å²) in [6, 6.07) is -2.66. The van der Waals surface area contributed by atoms with Crippen LogP contribution in [0.5, 0.6) is 0 Å². The molecule has 31 nitrogen and oxygen atoms in total. The molecule has 0 amide bonds. The quantitative estimate of drug-likeness (QED) is 0.0366. The molecule has 4 heterocycles. The van der Waals surface area contributed by atoms with Crippen LogP contribution in [-0.4, -0.2) is 400 Å².